The third kappa shape index (κ3) is 4.03. The smallest absolute Gasteiger partial charge is 0.115 e. The van der Waals surface area contributed by atoms with Crippen molar-refractivity contribution in [1.82, 2.24) is 0 Å². The third-order valence-corrected chi connectivity index (χ3v) is 4.89. The summed E-state index contributed by atoms with van der Waals surface area (Å²) < 4.78 is 0. The maximum absolute atomic E-state index is 9.34. The van der Waals surface area contributed by atoms with Crippen LogP contribution in [0.15, 0.2) is 48.5 Å². The predicted molar refractivity (Wildman–Crippen MR) is 89.1 cm³/mol. The number of phenolic OH excluding ortho intramolecular Hbond substituents is 2. The Balaban J connectivity index is 1.47. The number of aromatic hydroxyl groups is 2. The second-order valence-electron chi connectivity index (χ2n) is 6.63. The van der Waals surface area contributed by atoms with E-state index in [9.17, 15) is 10.2 Å². The number of rotatable bonds is 4. The summed E-state index contributed by atoms with van der Waals surface area (Å²) in [5, 5.41) is 18.7. The Morgan fingerprint density at radius 2 is 0.909 bits per heavy atom. The molecule has 0 radical (unpaired) electrons. The molecular formula is C20H24O2. The Kier molecular flexibility index (Phi) is 4.67. The molecule has 0 bridgehead atoms. The zero-order valence-corrected chi connectivity index (χ0v) is 12.9. The van der Waals surface area contributed by atoms with Crippen molar-refractivity contribution in [1.29, 1.82) is 0 Å². The average molecular weight is 296 g/mol. The molecular weight excluding hydrogens is 272 g/mol. The van der Waals surface area contributed by atoms with Gasteiger partial charge >= 0.3 is 0 Å². The maximum atomic E-state index is 9.34. The molecule has 2 aromatic rings. The van der Waals surface area contributed by atoms with Gasteiger partial charge in [0.1, 0.15) is 11.5 Å². The van der Waals surface area contributed by atoms with E-state index in [2.05, 4.69) is 0 Å². The first-order valence-electron chi connectivity index (χ1n) is 8.25. The first-order valence-corrected chi connectivity index (χ1v) is 8.25. The Morgan fingerprint density at radius 3 is 1.23 bits per heavy atom. The first kappa shape index (κ1) is 15.0. The molecule has 0 aliphatic heterocycles. The van der Waals surface area contributed by atoms with Crippen LogP contribution in [0.5, 0.6) is 11.5 Å². The van der Waals surface area contributed by atoms with E-state index in [4.69, 9.17) is 0 Å². The molecule has 2 N–H and O–H groups in total. The molecule has 116 valence electrons. The molecule has 0 aromatic heterocycles. The van der Waals surface area contributed by atoms with Gasteiger partial charge in [0.25, 0.3) is 0 Å². The monoisotopic (exact) mass is 296 g/mol. The van der Waals surface area contributed by atoms with Crippen LogP contribution in [-0.4, -0.2) is 10.2 Å². The fourth-order valence-corrected chi connectivity index (χ4v) is 3.57. The molecule has 1 aliphatic rings. The highest BCUT2D eigenvalue weighted by atomic mass is 16.3. The highest BCUT2D eigenvalue weighted by Crippen LogP contribution is 2.33. The second-order valence-corrected chi connectivity index (χ2v) is 6.63. The van der Waals surface area contributed by atoms with Crippen LogP contribution >= 0.6 is 0 Å². The molecule has 0 unspecified atom stereocenters. The van der Waals surface area contributed by atoms with Gasteiger partial charge in [-0.1, -0.05) is 24.3 Å². The fraction of sp³-hybridized carbons (Fsp3) is 0.400. The Bertz CT molecular complexity index is 523. The van der Waals surface area contributed by atoms with Crippen molar-refractivity contribution in [2.75, 3.05) is 0 Å². The number of hydrogen-bond acceptors (Lipinski definition) is 2. The van der Waals surface area contributed by atoms with Gasteiger partial charge in [0.15, 0.2) is 0 Å². The van der Waals surface area contributed by atoms with Gasteiger partial charge in [-0.25, -0.2) is 0 Å². The number of hydrogen-bond donors (Lipinski definition) is 2. The summed E-state index contributed by atoms with van der Waals surface area (Å²) >= 11 is 0. The summed E-state index contributed by atoms with van der Waals surface area (Å²) in [7, 11) is 0. The lowest BCUT2D eigenvalue weighted by Crippen LogP contribution is -2.18. The number of benzene rings is 2. The lowest BCUT2D eigenvalue weighted by Gasteiger charge is -2.28. The molecule has 2 heteroatoms. The lowest BCUT2D eigenvalue weighted by molar-refractivity contribution is 0.272. The van der Waals surface area contributed by atoms with E-state index in [-0.39, 0.29) is 0 Å². The molecule has 22 heavy (non-hydrogen) atoms. The van der Waals surface area contributed by atoms with Crippen molar-refractivity contribution in [3.8, 4) is 11.5 Å². The van der Waals surface area contributed by atoms with Gasteiger partial charge in [-0.2, -0.15) is 0 Å². The van der Waals surface area contributed by atoms with Crippen LogP contribution in [0.25, 0.3) is 0 Å². The third-order valence-electron chi connectivity index (χ3n) is 4.89. The zero-order valence-electron chi connectivity index (χ0n) is 12.9. The van der Waals surface area contributed by atoms with Crippen LogP contribution in [0.3, 0.4) is 0 Å². The fourth-order valence-electron chi connectivity index (χ4n) is 3.57. The van der Waals surface area contributed by atoms with E-state index in [0.29, 0.717) is 11.5 Å². The quantitative estimate of drug-likeness (QED) is 0.859. The van der Waals surface area contributed by atoms with Crippen LogP contribution in [0.1, 0.15) is 36.8 Å². The van der Waals surface area contributed by atoms with Crippen LogP contribution in [0.2, 0.25) is 0 Å². The molecule has 3 rings (SSSR count). The SMILES string of the molecule is Oc1ccc(CC2CCC(Cc3ccc(O)cc3)CC2)cc1. The molecule has 0 heterocycles. The van der Waals surface area contributed by atoms with Crippen molar-refractivity contribution >= 4 is 0 Å². The Hall–Kier alpha value is -1.96. The Morgan fingerprint density at radius 1 is 0.591 bits per heavy atom. The summed E-state index contributed by atoms with van der Waals surface area (Å²) in [6, 6.07) is 15.3. The minimum Gasteiger partial charge on any atom is -0.508 e. The van der Waals surface area contributed by atoms with Gasteiger partial charge in [0.05, 0.1) is 0 Å². The van der Waals surface area contributed by atoms with Crippen LogP contribution in [0.4, 0.5) is 0 Å². The van der Waals surface area contributed by atoms with E-state index in [1.54, 1.807) is 24.3 Å². The molecule has 1 saturated carbocycles. The molecule has 1 fully saturated rings. The van der Waals surface area contributed by atoms with E-state index < -0.39 is 0 Å². The van der Waals surface area contributed by atoms with Gasteiger partial charge in [0.2, 0.25) is 0 Å². The van der Waals surface area contributed by atoms with Crippen molar-refractivity contribution < 1.29 is 10.2 Å². The molecule has 0 atom stereocenters. The Labute approximate surface area is 132 Å². The molecule has 0 amide bonds. The van der Waals surface area contributed by atoms with Gasteiger partial charge in [0, 0.05) is 0 Å². The largest absolute Gasteiger partial charge is 0.508 e. The zero-order chi connectivity index (χ0) is 15.4. The lowest BCUT2D eigenvalue weighted by atomic mass is 9.77. The maximum Gasteiger partial charge on any atom is 0.115 e. The van der Waals surface area contributed by atoms with E-state index >= 15 is 0 Å². The highest BCUT2D eigenvalue weighted by Gasteiger charge is 2.21. The van der Waals surface area contributed by atoms with Gasteiger partial charge in [-0.05, 0) is 85.8 Å². The average Bonchev–Trinajstić information content (AvgIpc) is 2.54. The topological polar surface area (TPSA) is 40.5 Å². The minimum absolute atomic E-state index is 0.348. The van der Waals surface area contributed by atoms with Gasteiger partial charge in [-0.3, -0.25) is 0 Å². The second kappa shape index (κ2) is 6.87. The minimum atomic E-state index is 0.348. The van der Waals surface area contributed by atoms with Crippen LogP contribution in [-0.2, 0) is 12.8 Å². The van der Waals surface area contributed by atoms with Gasteiger partial charge in [-0.15, -0.1) is 0 Å². The molecule has 2 aromatic carbocycles. The standard InChI is InChI=1S/C20H24O2/c21-19-9-5-17(6-10-19)13-15-1-2-16(4-3-15)14-18-7-11-20(22)12-8-18/h5-12,15-16,21-22H,1-4,13-14H2. The summed E-state index contributed by atoms with van der Waals surface area (Å²) in [4.78, 5) is 0. The van der Waals surface area contributed by atoms with Crippen molar-refractivity contribution in [3.05, 3.63) is 59.7 Å². The van der Waals surface area contributed by atoms with E-state index in [1.807, 2.05) is 24.3 Å². The molecule has 0 spiro atoms. The molecule has 1 aliphatic carbocycles. The normalized spacial score (nSPS) is 21.6. The highest BCUT2D eigenvalue weighted by molar-refractivity contribution is 5.27. The summed E-state index contributed by atoms with van der Waals surface area (Å²) in [6.07, 6.45) is 7.44. The van der Waals surface area contributed by atoms with Crippen LogP contribution in [0, 0.1) is 11.8 Å². The van der Waals surface area contributed by atoms with E-state index in [0.717, 1.165) is 24.7 Å². The van der Waals surface area contributed by atoms with Crippen molar-refractivity contribution in [2.45, 2.75) is 38.5 Å². The summed E-state index contributed by atoms with van der Waals surface area (Å²) in [5.41, 5.74) is 2.67. The number of phenols is 2. The van der Waals surface area contributed by atoms with Crippen LogP contribution < -0.4 is 0 Å². The molecule has 0 saturated heterocycles. The van der Waals surface area contributed by atoms with Gasteiger partial charge < -0.3 is 10.2 Å². The van der Waals surface area contributed by atoms with Crippen molar-refractivity contribution in [2.24, 2.45) is 11.8 Å². The predicted octanol–water partition coefficient (Wildman–Crippen LogP) is 4.69. The summed E-state index contributed by atoms with van der Waals surface area (Å²) in [6.45, 7) is 0. The first-order chi connectivity index (χ1) is 10.7. The van der Waals surface area contributed by atoms with Crippen molar-refractivity contribution in [3.63, 3.8) is 0 Å². The summed E-state index contributed by atoms with van der Waals surface area (Å²) in [5.74, 6) is 2.25. The molecule has 2 nitrogen and oxygen atoms in total. The van der Waals surface area contributed by atoms with E-state index in [1.165, 1.54) is 36.8 Å².